The van der Waals surface area contributed by atoms with Crippen LogP contribution in [0.15, 0.2) is 0 Å². The Morgan fingerprint density at radius 1 is 1.40 bits per heavy atom. The second-order valence-corrected chi connectivity index (χ2v) is 3.91. The van der Waals surface area contributed by atoms with Crippen LogP contribution in [0.25, 0.3) is 0 Å². The molecule has 0 aliphatic heterocycles. The first kappa shape index (κ1) is 8.03. The molecular formula is C9H17F. The fourth-order valence-electron chi connectivity index (χ4n) is 1.46. The fourth-order valence-corrected chi connectivity index (χ4v) is 1.46. The molecule has 0 aromatic carbocycles. The molecule has 1 aliphatic carbocycles. The molecule has 0 heterocycles. The van der Waals surface area contributed by atoms with Gasteiger partial charge in [-0.25, -0.2) is 4.39 Å². The summed E-state index contributed by atoms with van der Waals surface area (Å²) in [6.45, 7) is 4.46. The summed E-state index contributed by atoms with van der Waals surface area (Å²) in [6, 6.07) is 0. The van der Waals surface area contributed by atoms with E-state index < -0.39 is 6.17 Å². The summed E-state index contributed by atoms with van der Waals surface area (Å²) in [5.74, 6) is 1.51. The van der Waals surface area contributed by atoms with E-state index >= 15 is 0 Å². The van der Waals surface area contributed by atoms with Crippen LogP contribution >= 0.6 is 0 Å². The summed E-state index contributed by atoms with van der Waals surface area (Å²) >= 11 is 0. The van der Waals surface area contributed by atoms with Gasteiger partial charge in [-0.3, -0.25) is 0 Å². The van der Waals surface area contributed by atoms with Gasteiger partial charge in [-0.1, -0.05) is 20.3 Å². The molecule has 0 spiro atoms. The largest absolute Gasteiger partial charge is 0.247 e. The van der Waals surface area contributed by atoms with Crippen LogP contribution < -0.4 is 0 Å². The summed E-state index contributed by atoms with van der Waals surface area (Å²) in [6.07, 6.45) is 3.74. The topological polar surface area (TPSA) is 0 Å². The lowest BCUT2D eigenvalue weighted by molar-refractivity contribution is 0.119. The van der Waals surface area contributed by atoms with E-state index in [-0.39, 0.29) is 0 Å². The first-order chi connectivity index (χ1) is 4.68. The Morgan fingerprint density at radius 3 is 2.40 bits per heavy atom. The molecule has 1 saturated carbocycles. The molecular weight excluding hydrogens is 127 g/mol. The van der Waals surface area contributed by atoms with E-state index in [1.807, 2.05) is 0 Å². The Kier molecular flexibility index (Phi) is 2.70. The Morgan fingerprint density at radius 2 is 2.00 bits per heavy atom. The summed E-state index contributed by atoms with van der Waals surface area (Å²) in [5.41, 5.74) is 0. The van der Waals surface area contributed by atoms with E-state index in [4.69, 9.17) is 0 Å². The third-order valence-corrected chi connectivity index (χ3v) is 2.33. The van der Waals surface area contributed by atoms with Gasteiger partial charge >= 0.3 is 0 Å². The van der Waals surface area contributed by atoms with E-state index in [0.29, 0.717) is 0 Å². The number of hydrogen-bond donors (Lipinski definition) is 0. The fraction of sp³-hybridized carbons (Fsp3) is 1.00. The summed E-state index contributed by atoms with van der Waals surface area (Å²) < 4.78 is 12.3. The normalized spacial score (nSPS) is 32.4. The van der Waals surface area contributed by atoms with Gasteiger partial charge in [0.15, 0.2) is 0 Å². The van der Waals surface area contributed by atoms with E-state index in [1.54, 1.807) is 0 Å². The van der Waals surface area contributed by atoms with Crippen molar-refractivity contribution in [1.29, 1.82) is 0 Å². The van der Waals surface area contributed by atoms with Crippen molar-refractivity contribution in [3.8, 4) is 0 Å². The highest BCUT2D eigenvalue weighted by Gasteiger charge is 2.27. The molecule has 0 unspecified atom stereocenters. The van der Waals surface area contributed by atoms with E-state index in [0.717, 1.165) is 24.7 Å². The van der Waals surface area contributed by atoms with Gasteiger partial charge in [0.2, 0.25) is 0 Å². The smallest absolute Gasteiger partial charge is 0.101 e. The summed E-state index contributed by atoms with van der Waals surface area (Å²) in [4.78, 5) is 0. The average Bonchev–Trinajstić information content (AvgIpc) is 1.77. The molecule has 1 heteroatoms. The highest BCUT2D eigenvalue weighted by atomic mass is 19.1. The van der Waals surface area contributed by atoms with Crippen LogP contribution in [-0.2, 0) is 0 Å². The minimum Gasteiger partial charge on any atom is -0.247 e. The summed E-state index contributed by atoms with van der Waals surface area (Å²) in [7, 11) is 0. The number of hydrogen-bond acceptors (Lipinski definition) is 0. The second-order valence-electron chi connectivity index (χ2n) is 3.91. The molecule has 1 fully saturated rings. The van der Waals surface area contributed by atoms with Crippen molar-refractivity contribution in [2.45, 2.75) is 45.7 Å². The molecule has 0 bridgehead atoms. The maximum Gasteiger partial charge on any atom is 0.101 e. The second kappa shape index (κ2) is 3.36. The quantitative estimate of drug-likeness (QED) is 0.570. The van der Waals surface area contributed by atoms with Gasteiger partial charge in [-0.15, -0.1) is 0 Å². The third-order valence-electron chi connectivity index (χ3n) is 2.33. The SMILES string of the molecule is CC(C)CCC1CC(F)C1. The molecule has 0 atom stereocenters. The lowest BCUT2D eigenvalue weighted by Gasteiger charge is -2.29. The lowest BCUT2D eigenvalue weighted by Crippen LogP contribution is -2.24. The Balaban J connectivity index is 1.95. The van der Waals surface area contributed by atoms with Crippen molar-refractivity contribution >= 4 is 0 Å². The average molecular weight is 144 g/mol. The number of rotatable bonds is 3. The van der Waals surface area contributed by atoms with Gasteiger partial charge in [0.1, 0.15) is 6.17 Å². The van der Waals surface area contributed by atoms with Crippen LogP contribution in [0.1, 0.15) is 39.5 Å². The minimum absolute atomic E-state index is 0.461. The zero-order chi connectivity index (χ0) is 7.56. The van der Waals surface area contributed by atoms with Gasteiger partial charge in [0.25, 0.3) is 0 Å². The maximum atomic E-state index is 12.3. The van der Waals surface area contributed by atoms with Gasteiger partial charge in [0.05, 0.1) is 0 Å². The van der Waals surface area contributed by atoms with E-state index in [2.05, 4.69) is 13.8 Å². The number of halogens is 1. The molecule has 0 nitrogen and oxygen atoms in total. The predicted octanol–water partition coefficient (Wildman–Crippen LogP) is 3.17. The van der Waals surface area contributed by atoms with Crippen molar-refractivity contribution in [2.75, 3.05) is 0 Å². The zero-order valence-corrected chi connectivity index (χ0v) is 6.94. The van der Waals surface area contributed by atoms with Crippen molar-refractivity contribution in [3.63, 3.8) is 0 Å². The molecule has 10 heavy (non-hydrogen) atoms. The van der Waals surface area contributed by atoms with Gasteiger partial charge in [0, 0.05) is 0 Å². The highest BCUT2D eigenvalue weighted by Crippen LogP contribution is 2.34. The molecule has 60 valence electrons. The van der Waals surface area contributed by atoms with Gasteiger partial charge < -0.3 is 0 Å². The van der Waals surface area contributed by atoms with Crippen LogP contribution in [0.2, 0.25) is 0 Å². The van der Waals surface area contributed by atoms with E-state index in [9.17, 15) is 4.39 Å². The Hall–Kier alpha value is -0.0700. The Labute approximate surface area is 62.8 Å². The minimum atomic E-state index is -0.461. The predicted molar refractivity (Wildman–Crippen MR) is 41.7 cm³/mol. The first-order valence-corrected chi connectivity index (χ1v) is 4.32. The molecule has 1 rings (SSSR count). The first-order valence-electron chi connectivity index (χ1n) is 4.32. The van der Waals surface area contributed by atoms with Crippen LogP contribution in [0.3, 0.4) is 0 Å². The standard InChI is InChI=1S/C9H17F/c1-7(2)3-4-8-5-9(10)6-8/h7-9H,3-6H2,1-2H3. The van der Waals surface area contributed by atoms with Gasteiger partial charge in [-0.2, -0.15) is 0 Å². The summed E-state index contributed by atoms with van der Waals surface area (Å²) in [5, 5.41) is 0. The zero-order valence-electron chi connectivity index (χ0n) is 6.94. The van der Waals surface area contributed by atoms with E-state index in [1.165, 1.54) is 12.8 Å². The molecule has 0 N–H and O–H groups in total. The van der Waals surface area contributed by atoms with Crippen LogP contribution in [-0.4, -0.2) is 6.17 Å². The molecule has 0 aromatic rings. The molecule has 0 radical (unpaired) electrons. The third kappa shape index (κ3) is 2.28. The molecule has 0 amide bonds. The number of alkyl halides is 1. The Bertz CT molecular complexity index is 92.9. The maximum absolute atomic E-state index is 12.3. The van der Waals surface area contributed by atoms with Crippen molar-refractivity contribution in [2.24, 2.45) is 11.8 Å². The highest BCUT2D eigenvalue weighted by molar-refractivity contribution is 4.78. The van der Waals surface area contributed by atoms with Gasteiger partial charge in [-0.05, 0) is 31.1 Å². The van der Waals surface area contributed by atoms with Crippen molar-refractivity contribution < 1.29 is 4.39 Å². The van der Waals surface area contributed by atoms with Crippen LogP contribution in [0.5, 0.6) is 0 Å². The van der Waals surface area contributed by atoms with Crippen molar-refractivity contribution in [1.82, 2.24) is 0 Å². The van der Waals surface area contributed by atoms with Crippen LogP contribution in [0.4, 0.5) is 4.39 Å². The molecule has 0 aromatic heterocycles. The van der Waals surface area contributed by atoms with Crippen molar-refractivity contribution in [3.05, 3.63) is 0 Å². The lowest BCUT2D eigenvalue weighted by atomic mass is 9.79. The van der Waals surface area contributed by atoms with Crippen LogP contribution in [0, 0.1) is 11.8 Å². The monoisotopic (exact) mass is 144 g/mol. The molecule has 1 aliphatic rings. The molecule has 0 saturated heterocycles.